The van der Waals surface area contributed by atoms with Gasteiger partial charge in [-0.05, 0) is 28.8 Å². The average molecular weight is 349 g/mol. The van der Waals surface area contributed by atoms with Crippen molar-refractivity contribution in [1.82, 2.24) is 5.32 Å². The first-order valence-electron chi connectivity index (χ1n) is 8.46. The molecule has 26 heavy (non-hydrogen) atoms. The zero-order valence-electron chi connectivity index (χ0n) is 14.2. The third kappa shape index (κ3) is 4.55. The Kier molecular flexibility index (Phi) is 5.77. The van der Waals surface area contributed by atoms with E-state index in [0.29, 0.717) is 0 Å². The molecule has 0 aliphatic rings. The summed E-state index contributed by atoms with van der Waals surface area (Å²) >= 11 is 0. The van der Waals surface area contributed by atoms with Crippen LogP contribution in [0.3, 0.4) is 0 Å². The predicted octanol–water partition coefficient (Wildman–Crippen LogP) is 4.72. The van der Waals surface area contributed by atoms with Gasteiger partial charge in [-0.3, -0.25) is 10.1 Å². The van der Waals surface area contributed by atoms with Crippen LogP contribution < -0.4 is 5.32 Å². The number of hydrogen-bond donors (Lipinski definition) is 2. The molecule has 3 aromatic carbocycles. The summed E-state index contributed by atoms with van der Waals surface area (Å²) in [6.07, 6.45) is -0.0954. The van der Waals surface area contributed by atoms with Crippen LogP contribution in [0.4, 0.5) is 4.39 Å². The Labute approximate surface area is 152 Å². The Morgan fingerprint density at radius 3 is 1.77 bits per heavy atom. The molecule has 0 aliphatic heterocycles. The molecule has 0 bridgehead atoms. The van der Waals surface area contributed by atoms with Crippen LogP contribution >= 0.6 is 0 Å². The zero-order valence-corrected chi connectivity index (χ0v) is 14.2. The number of rotatable bonds is 7. The van der Waals surface area contributed by atoms with E-state index in [2.05, 4.69) is 5.32 Å². The van der Waals surface area contributed by atoms with Crippen LogP contribution in [-0.4, -0.2) is 11.1 Å². The summed E-state index contributed by atoms with van der Waals surface area (Å²) in [5.41, 5.74) is 2.82. The van der Waals surface area contributed by atoms with E-state index in [1.54, 1.807) is 12.1 Å². The Morgan fingerprint density at radius 2 is 1.31 bits per heavy atom. The van der Waals surface area contributed by atoms with Crippen molar-refractivity contribution in [2.24, 2.45) is 0 Å². The van der Waals surface area contributed by atoms with Crippen molar-refractivity contribution < 1.29 is 14.3 Å². The summed E-state index contributed by atoms with van der Waals surface area (Å²) in [7, 11) is 0. The zero-order chi connectivity index (χ0) is 18.4. The van der Waals surface area contributed by atoms with Gasteiger partial charge in [0.05, 0.1) is 12.5 Å². The lowest BCUT2D eigenvalue weighted by Crippen LogP contribution is -2.29. The smallest absolute Gasteiger partial charge is 0.305 e. The van der Waals surface area contributed by atoms with Gasteiger partial charge in [0, 0.05) is 6.04 Å². The summed E-state index contributed by atoms with van der Waals surface area (Å²) in [5, 5.41) is 12.8. The Morgan fingerprint density at radius 1 is 0.808 bits per heavy atom. The van der Waals surface area contributed by atoms with Crippen molar-refractivity contribution in [3.8, 4) is 0 Å². The number of aliphatic carboxylic acids is 1. The van der Waals surface area contributed by atoms with Crippen LogP contribution in [0.1, 0.15) is 35.2 Å². The summed E-state index contributed by atoms with van der Waals surface area (Å²) < 4.78 is 13.3. The lowest BCUT2D eigenvalue weighted by molar-refractivity contribution is -0.137. The van der Waals surface area contributed by atoms with E-state index in [-0.39, 0.29) is 18.3 Å². The van der Waals surface area contributed by atoms with E-state index >= 15 is 0 Å². The van der Waals surface area contributed by atoms with Crippen LogP contribution in [0, 0.1) is 5.82 Å². The van der Waals surface area contributed by atoms with Crippen molar-refractivity contribution in [2.45, 2.75) is 18.5 Å². The second kappa shape index (κ2) is 8.41. The fourth-order valence-corrected chi connectivity index (χ4v) is 3.02. The summed E-state index contributed by atoms with van der Waals surface area (Å²) in [6.45, 7) is 0. The third-order valence-corrected chi connectivity index (χ3v) is 4.28. The van der Waals surface area contributed by atoms with Gasteiger partial charge in [0.15, 0.2) is 0 Å². The Balaban J connectivity index is 1.96. The highest BCUT2D eigenvalue weighted by atomic mass is 19.1. The molecule has 0 aromatic heterocycles. The van der Waals surface area contributed by atoms with E-state index in [1.165, 1.54) is 12.1 Å². The maximum atomic E-state index is 13.3. The lowest BCUT2D eigenvalue weighted by atomic mass is 9.95. The van der Waals surface area contributed by atoms with Crippen LogP contribution in [-0.2, 0) is 4.79 Å². The highest BCUT2D eigenvalue weighted by Gasteiger charge is 2.22. The van der Waals surface area contributed by atoms with Crippen LogP contribution in [0.2, 0.25) is 0 Å². The van der Waals surface area contributed by atoms with Crippen LogP contribution in [0.15, 0.2) is 84.9 Å². The molecule has 0 spiro atoms. The monoisotopic (exact) mass is 349 g/mol. The van der Waals surface area contributed by atoms with Crippen LogP contribution in [0.25, 0.3) is 0 Å². The van der Waals surface area contributed by atoms with Gasteiger partial charge in [-0.25, -0.2) is 4.39 Å². The van der Waals surface area contributed by atoms with E-state index in [9.17, 15) is 14.3 Å². The molecule has 0 fully saturated rings. The molecule has 1 atom stereocenters. The molecule has 0 saturated carbocycles. The molecule has 0 saturated heterocycles. The number of carbonyl (C=O) groups is 1. The van der Waals surface area contributed by atoms with Gasteiger partial charge >= 0.3 is 5.97 Å². The highest BCUT2D eigenvalue weighted by Crippen LogP contribution is 2.27. The lowest BCUT2D eigenvalue weighted by Gasteiger charge is -2.26. The fourth-order valence-electron chi connectivity index (χ4n) is 3.02. The van der Waals surface area contributed by atoms with E-state index in [4.69, 9.17) is 0 Å². The highest BCUT2D eigenvalue weighted by molar-refractivity contribution is 5.68. The maximum absolute atomic E-state index is 13.3. The Hall–Kier alpha value is -2.98. The largest absolute Gasteiger partial charge is 0.481 e. The van der Waals surface area contributed by atoms with Gasteiger partial charge in [0.25, 0.3) is 0 Å². The molecule has 0 heterocycles. The first kappa shape index (κ1) is 17.8. The number of benzene rings is 3. The maximum Gasteiger partial charge on any atom is 0.305 e. The second-order valence-corrected chi connectivity index (χ2v) is 6.12. The normalized spacial score (nSPS) is 12.1. The molecule has 3 aromatic rings. The molecule has 3 nitrogen and oxygen atoms in total. The predicted molar refractivity (Wildman–Crippen MR) is 99.3 cm³/mol. The molecule has 0 unspecified atom stereocenters. The first-order chi connectivity index (χ1) is 12.6. The number of halogens is 1. The molecule has 132 valence electrons. The van der Waals surface area contributed by atoms with E-state index in [0.717, 1.165) is 16.7 Å². The molecule has 4 heteroatoms. The topological polar surface area (TPSA) is 49.3 Å². The molecule has 0 amide bonds. The van der Waals surface area contributed by atoms with Gasteiger partial charge in [-0.15, -0.1) is 0 Å². The van der Waals surface area contributed by atoms with Crippen LogP contribution in [0.5, 0.6) is 0 Å². The quantitative estimate of drug-likeness (QED) is 0.649. The van der Waals surface area contributed by atoms with Crippen molar-refractivity contribution >= 4 is 5.97 Å². The van der Waals surface area contributed by atoms with Crippen molar-refractivity contribution in [3.05, 3.63) is 107 Å². The second-order valence-electron chi connectivity index (χ2n) is 6.12. The van der Waals surface area contributed by atoms with Gasteiger partial charge in [0.1, 0.15) is 5.82 Å². The van der Waals surface area contributed by atoms with Crippen molar-refractivity contribution in [1.29, 1.82) is 0 Å². The molecule has 0 radical (unpaired) electrons. The first-order valence-corrected chi connectivity index (χ1v) is 8.46. The van der Waals surface area contributed by atoms with Gasteiger partial charge in [0.2, 0.25) is 0 Å². The third-order valence-electron chi connectivity index (χ3n) is 4.28. The summed E-state index contributed by atoms with van der Waals surface area (Å²) in [4.78, 5) is 11.4. The minimum Gasteiger partial charge on any atom is -0.481 e. The van der Waals surface area contributed by atoms with Crippen molar-refractivity contribution in [2.75, 3.05) is 0 Å². The van der Waals surface area contributed by atoms with Crippen molar-refractivity contribution in [3.63, 3.8) is 0 Å². The minimum absolute atomic E-state index is 0.0954. The SMILES string of the molecule is O=C(O)C[C@H](NC(c1ccccc1)c1ccccc1)c1ccc(F)cc1. The number of hydrogen-bond acceptors (Lipinski definition) is 2. The number of nitrogens with one attached hydrogen (secondary N) is 1. The minimum atomic E-state index is -0.910. The van der Waals surface area contributed by atoms with E-state index in [1.807, 2.05) is 60.7 Å². The van der Waals surface area contributed by atoms with Gasteiger partial charge < -0.3 is 5.11 Å². The molecule has 3 rings (SSSR count). The standard InChI is InChI=1S/C22H20FNO2/c23-19-13-11-16(12-14-19)20(15-21(25)26)24-22(17-7-3-1-4-8-17)18-9-5-2-6-10-18/h1-14,20,22,24H,15H2,(H,25,26)/t20-/m0/s1. The van der Waals surface area contributed by atoms with Gasteiger partial charge in [-0.2, -0.15) is 0 Å². The number of carboxylic acids is 1. The Bertz CT molecular complexity index is 796. The van der Waals surface area contributed by atoms with E-state index < -0.39 is 12.0 Å². The van der Waals surface area contributed by atoms with Gasteiger partial charge in [-0.1, -0.05) is 72.8 Å². The summed E-state index contributed by atoms with van der Waals surface area (Å²) in [6, 6.07) is 25.1. The summed E-state index contributed by atoms with van der Waals surface area (Å²) in [5.74, 6) is -1.25. The molecule has 0 aliphatic carbocycles. The average Bonchev–Trinajstić information content (AvgIpc) is 2.67. The molecular formula is C22H20FNO2. The molecular weight excluding hydrogens is 329 g/mol. The molecule has 2 N–H and O–H groups in total. The fraction of sp³-hybridized carbons (Fsp3) is 0.136. The number of carboxylic acid groups (broad SMARTS) is 1.